The number of aromatic amines is 1. The largest absolute Gasteiger partial charge is 0.340 e. The number of H-pyrrole nitrogens is 1. The van der Waals surface area contributed by atoms with Gasteiger partial charge in [-0.2, -0.15) is 8.78 Å². The van der Waals surface area contributed by atoms with Crippen molar-refractivity contribution in [2.24, 2.45) is 0 Å². The summed E-state index contributed by atoms with van der Waals surface area (Å²) in [6.07, 6.45) is 6.18. The molecule has 1 amide bonds. The highest BCUT2D eigenvalue weighted by atomic mass is 79.9. The number of amides is 1. The first kappa shape index (κ1) is 17.3. The third-order valence-corrected chi connectivity index (χ3v) is 5.78. The summed E-state index contributed by atoms with van der Waals surface area (Å²) in [7, 11) is 0. The Bertz CT molecular complexity index is 1140. The van der Waals surface area contributed by atoms with E-state index in [0.717, 1.165) is 6.41 Å². The minimum Gasteiger partial charge on any atom is -0.340 e. The number of alkyl halides is 2. The standard InChI is InChI=1S/C21H14BrF2N3O/c22-13-4-6-15-14-5-3-12(8-16(14)21(23,24)17(15)9-13)18-10-25-20(26-18)19-2-1-7-27(19)11-28/h1-6,8-11,19H,7H2,(H,25,26). The van der Waals surface area contributed by atoms with Crippen molar-refractivity contribution in [2.45, 2.75) is 12.0 Å². The molecule has 0 bridgehead atoms. The summed E-state index contributed by atoms with van der Waals surface area (Å²) in [5, 5.41) is 0. The number of hydrogen-bond donors (Lipinski definition) is 1. The Hall–Kier alpha value is -2.80. The molecule has 4 nitrogen and oxygen atoms in total. The lowest BCUT2D eigenvalue weighted by Gasteiger charge is -2.17. The summed E-state index contributed by atoms with van der Waals surface area (Å²) >= 11 is 3.28. The van der Waals surface area contributed by atoms with Crippen molar-refractivity contribution in [2.75, 3.05) is 6.54 Å². The summed E-state index contributed by atoms with van der Waals surface area (Å²) in [4.78, 5) is 20.3. The molecule has 28 heavy (non-hydrogen) atoms. The molecule has 1 N–H and O–H groups in total. The van der Waals surface area contributed by atoms with Crippen LogP contribution in [-0.4, -0.2) is 27.8 Å². The first-order valence-electron chi connectivity index (χ1n) is 8.75. The molecule has 1 aliphatic carbocycles. The molecule has 2 aromatic carbocycles. The molecule has 0 fully saturated rings. The Labute approximate surface area is 168 Å². The Balaban J connectivity index is 1.55. The summed E-state index contributed by atoms with van der Waals surface area (Å²) in [5.74, 6) is -2.45. The van der Waals surface area contributed by atoms with Gasteiger partial charge >= 0.3 is 0 Å². The predicted octanol–water partition coefficient (Wildman–Crippen LogP) is 5.03. The van der Waals surface area contributed by atoms with Crippen LogP contribution >= 0.6 is 15.9 Å². The minimum absolute atomic E-state index is 0.00969. The molecular formula is C21H14BrF2N3O. The zero-order valence-corrected chi connectivity index (χ0v) is 16.1. The van der Waals surface area contributed by atoms with Gasteiger partial charge in [0.25, 0.3) is 5.92 Å². The maximum absolute atomic E-state index is 15.1. The SMILES string of the molecule is O=CN1CC=CC1c1ncc(-c2ccc3c(c2)C(F)(F)c2cc(Br)ccc2-3)[nH]1. The molecule has 3 aromatic rings. The molecule has 0 saturated heterocycles. The molecule has 1 atom stereocenters. The van der Waals surface area contributed by atoms with Gasteiger partial charge in [0.15, 0.2) is 0 Å². The van der Waals surface area contributed by atoms with E-state index >= 15 is 8.78 Å². The van der Waals surface area contributed by atoms with Gasteiger partial charge in [-0.25, -0.2) is 4.98 Å². The number of fused-ring (bicyclic) bond motifs is 3. The van der Waals surface area contributed by atoms with Crippen LogP contribution < -0.4 is 0 Å². The summed E-state index contributed by atoms with van der Waals surface area (Å²) in [6.45, 7) is 0.531. The second-order valence-electron chi connectivity index (χ2n) is 6.88. The van der Waals surface area contributed by atoms with Crippen LogP contribution in [-0.2, 0) is 10.7 Å². The van der Waals surface area contributed by atoms with E-state index in [1.54, 1.807) is 29.3 Å². The van der Waals surface area contributed by atoms with Gasteiger partial charge in [0.1, 0.15) is 11.9 Å². The van der Waals surface area contributed by atoms with E-state index in [1.807, 2.05) is 18.2 Å². The van der Waals surface area contributed by atoms with Gasteiger partial charge < -0.3 is 9.88 Å². The fourth-order valence-electron chi connectivity index (χ4n) is 3.89. The molecule has 1 aliphatic heterocycles. The van der Waals surface area contributed by atoms with Gasteiger partial charge in [-0.1, -0.05) is 46.3 Å². The first-order valence-corrected chi connectivity index (χ1v) is 9.54. The predicted molar refractivity (Wildman–Crippen MR) is 105 cm³/mol. The molecule has 2 aliphatic rings. The second kappa shape index (κ2) is 6.10. The van der Waals surface area contributed by atoms with Crippen molar-refractivity contribution in [3.8, 4) is 22.4 Å². The molecule has 2 heterocycles. The Morgan fingerprint density at radius 1 is 1.18 bits per heavy atom. The first-order chi connectivity index (χ1) is 13.5. The van der Waals surface area contributed by atoms with Crippen molar-refractivity contribution in [1.29, 1.82) is 0 Å². The number of halogens is 3. The van der Waals surface area contributed by atoms with E-state index in [-0.39, 0.29) is 17.2 Å². The van der Waals surface area contributed by atoms with Crippen molar-refractivity contribution >= 4 is 22.3 Å². The van der Waals surface area contributed by atoms with Crippen LogP contribution in [0.3, 0.4) is 0 Å². The average molecular weight is 442 g/mol. The van der Waals surface area contributed by atoms with Crippen molar-refractivity contribution in [1.82, 2.24) is 14.9 Å². The number of imidazole rings is 1. The molecule has 0 radical (unpaired) electrons. The lowest BCUT2D eigenvalue weighted by molar-refractivity contribution is -0.118. The second-order valence-corrected chi connectivity index (χ2v) is 7.80. The van der Waals surface area contributed by atoms with Crippen LogP contribution in [0.4, 0.5) is 8.78 Å². The quantitative estimate of drug-likeness (QED) is 0.457. The fraction of sp³-hybridized carbons (Fsp3) is 0.143. The van der Waals surface area contributed by atoms with Gasteiger partial charge in [-0.05, 0) is 29.3 Å². The normalized spacial score (nSPS) is 19.0. The zero-order valence-electron chi connectivity index (χ0n) is 14.5. The lowest BCUT2D eigenvalue weighted by Crippen LogP contribution is -2.22. The van der Waals surface area contributed by atoms with Crippen LogP contribution in [0.5, 0.6) is 0 Å². The number of nitrogens with one attached hydrogen (secondary N) is 1. The van der Waals surface area contributed by atoms with Gasteiger partial charge in [-0.3, -0.25) is 4.79 Å². The average Bonchev–Trinajstić information content (AvgIpc) is 3.40. The Morgan fingerprint density at radius 3 is 2.71 bits per heavy atom. The van der Waals surface area contributed by atoms with E-state index in [4.69, 9.17) is 0 Å². The third kappa shape index (κ3) is 2.46. The lowest BCUT2D eigenvalue weighted by atomic mass is 10.0. The van der Waals surface area contributed by atoms with Crippen LogP contribution in [0.25, 0.3) is 22.4 Å². The summed E-state index contributed by atoms with van der Waals surface area (Å²) in [6, 6.07) is 9.76. The van der Waals surface area contributed by atoms with Gasteiger partial charge in [0, 0.05) is 27.7 Å². The van der Waals surface area contributed by atoms with Crippen molar-refractivity contribution in [3.05, 3.63) is 76.2 Å². The van der Waals surface area contributed by atoms with E-state index < -0.39 is 5.92 Å². The third-order valence-electron chi connectivity index (χ3n) is 5.28. The Kier molecular flexibility index (Phi) is 3.77. The molecule has 1 unspecified atom stereocenters. The highest BCUT2D eigenvalue weighted by Crippen LogP contribution is 2.52. The molecule has 0 spiro atoms. The van der Waals surface area contributed by atoms with Gasteiger partial charge in [-0.15, -0.1) is 0 Å². The maximum Gasteiger partial charge on any atom is 0.299 e. The summed E-state index contributed by atoms with van der Waals surface area (Å²) < 4.78 is 30.7. The monoisotopic (exact) mass is 441 g/mol. The van der Waals surface area contributed by atoms with E-state index in [2.05, 4.69) is 25.9 Å². The highest BCUT2D eigenvalue weighted by molar-refractivity contribution is 9.10. The van der Waals surface area contributed by atoms with Crippen LogP contribution in [0, 0.1) is 0 Å². The number of rotatable bonds is 3. The molecule has 0 saturated carbocycles. The molecular weight excluding hydrogens is 428 g/mol. The van der Waals surface area contributed by atoms with Crippen molar-refractivity contribution < 1.29 is 13.6 Å². The maximum atomic E-state index is 15.1. The smallest absolute Gasteiger partial charge is 0.299 e. The number of hydrogen-bond acceptors (Lipinski definition) is 2. The summed E-state index contributed by atoms with van der Waals surface area (Å²) in [5.41, 5.74) is 2.36. The zero-order chi connectivity index (χ0) is 19.5. The van der Waals surface area contributed by atoms with E-state index in [9.17, 15) is 4.79 Å². The van der Waals surface area contributed by atoms with E-state index in [1.165, 1.54) is 12.1 Å². The number of carbonyl (C=O) groups excluding carboxylic acids is 1. The van der Waals surface area contributed by atoms with Crippen LogP contribution in [0.1, 0.15) is 23.0 Å². The number of aromatic nitrogens is 2. The van der Waals surface area contributed by atoms with Gasteiger partial charge in [0.2, 0.25) is 6.41 Å². The van der Waals surface area contributed by atoms with Crippen molar-refractivity contribution in [3.63, 3.8) is 0 Å². The van der Waals surface area contributed by atoms with Crippen LogP contribution in [0.15, 0.2) is 59.2 Å². The minimum atomic E-state index is -3.06. The number of nitrogens with zero attached hydrogens (tertiary/aromatic N) is 2. The number of benzene rings is 2. The number of carbonyl (C=O) groups is 1. The Morgan fingerprint density at radius 2 is 1.93 bits per heavy atom. The molecule has 140 valence electrons. The van der Waals surface area contributed by atoms with Gasteiger partial charge in [0.05, 0.1) is 11.9 Å². The highest BCUT2D eigenvalue weighted by Gasteiger charge is 2.44. The topological polar surface area (TPSA) is 49.0 Å². The fourth-order valence-corrected chi connectivity index (χ4v) is 4.25. The molecule has 1 aromatic heterocycles. The van der Waals surface area contributed by atoms with E-state index in [0.29, 0.717) is 39.2 Å². The molecule has 5 rings (SSSR count). The molecule has 7 heteroatoms. The van der Waals surface area contributed by atoms with Crippen LogP contribution in [0.2, 0.25) is 0 Å².